The number of rotatable bonds is 9. The predicted molar refractivity (Wildman–Crippen MR) is 71.7 cm³/mol. The molecule has 4 nitrogen and oxygen atoms in total. The summed E-state index contributed by atoms with van der Waals surface area (Å²) in [5, 5.41) is 8.49. The summed E-state index contributed by atoms with van der Waals surface area (Å²) < 4.78 is 11.2. The molecule has 0 amide bonds. The Balaban J connectivity index is 3.77. The summed E-state index contributed by atoms with van der Waals surface area (Å²) in [5.41, 5.74) is 0. The van der Waals surface area contributed by atoms with E-state index in [9.17, 15) is 4.79 Å². The van der Waals surface area contributed by atoms with Gasteiger partial charge in [-0.15, -0.1) is 0 Å². The van der Waals surface area contributed by atoms with Crippen LogP contribution in [-0.2, 0) is 13.8 Å². The molecule has 0 aromatic heterocycles. The van der Waals surface area contributed by atoms with Crippen LogP contribution in [0.2, 0.25) is 0 Å². The van der Waals surface area contributed by atoms with Crippen molar-refractivity contribution in [1.29, 1.82) is 0 Å². The lowest BCUT2D eigenvalue weighted by atomic mass is 10.5. The molecule has 0 unspecified atom stereocenters. The molecule has 0 aromatic rings. The summed E-state index contributed by atoms with van der Waals surface area (Å²) in [7, 11) is 2.00. The van der Waals surface area contributed by atoms with Crippen molar-refractivity contribution in [3.05, 3.63) is 0 Å². The Morgan fingerprint density at radius 2 is 1.75 bits per heavy atom. The third kappa shape index (κ3) is 11.0. The number of hydrogen-bond donors (Lipinski definition) is 1. The average molecular weight is 286 g/mol. The summed E-state index contributed by atoms with van der Waals surface area (Å²) in [5.74, 6) is -0.200. The second-order valence-corrected chi connectivity index (χ2v) is 8.62. The fourth-order valence-corrected chi connectivity index (χ4v) is 5.89. The van der Waals surface area contributed by atoms with Crippen molar-refractivity contribution >= 4 is 34.8 Å². The third-order valence-corrected chi connectivity index (χ3v) is 6.63. The highest BCUT2D eigenvalue weighted by molar-refractivity contribution is 8.97. The van der Waals surface area contributed by atoms with Crippen molar-refractivity contribution in [1.82, 2.24) is 0 Å². The van der Waals surface area contributed by atoms with Gasteiger partial charge in [0.25, 0.3) is 0 Å². The van der Waals surface area contributed by atoms with Crippen LogP contribution in [0.3, 0.4) is 0 Å². The standard InChI is InChI=1S/C9H19O4PS2/c1-7(2)12-14(13-8(3)4)16-15-6-5-9(10)11/h7-8H,5-6H2,1-4H3,(H,10,11). The van der Waals surface area contributed by atoms with E-state index in [4.69, 9.17) is 14.2 Å². The van der Waals surface area contributed by atoms with E-state index in [1.54, 1.807) is 0 Å². The Bertz CT molecular complexity index is 192. The van der Waals surface area contributed by atoms with Gasteiger partial charge in [0.2, 0.25) is 7.58 Å². The van der Waals surface area contributed by atoms with Gasteiger partial charge in [-0.25, -0.2) is 0 Å². The second kappa shape index (κ2) is 9.54. The van der Waals surface area contributed by atoms with Crippen LogP contribution in [0.5, 0.6) is 0 Å². The first-order valence-corrected chi connectivity index (χ1v) is 9.17. The van der Waals surface area contributed by atoms with Crippen molar-refractivity contribution in [2.75, 3.05) is 5.75 Å². The molecule has 7 heteroatoms. The van der Waals surface area contributed by atoms with E-state index >= 15 is 0 Å². The Kier molecular flexibility index (Phi) is 9.85. The normalized spacial score (nSPS) is 11.7. The first-order valence-electron chi connectivity index (χ1n) is 5.07. The topological polar surface area (TPSA) is 55.8 Å². The van der Waals surface area contributed by atoms with E-state index in [1.165, 1.54) is 21.2 Å². The van der Waals surface area contributed by atoms with Crippen LogP contribution in [0.25, 0.3) is 0 Å². The first kappa shape index (κ1) is 16.5. The number of carboxylic acid groups (broad SMARTS) is 1. The fourth-order valence-electron chi connectivity index (χ4n) is 0.614. The van der Waals surface area contributed by atoms with Crippen LogP contribution in [0.15, 0.2) is 0 Å². The molecular formula is C9H19O4PS2. The number of aliphatic carboxylic acids is 1. The molecule has 1 N–H and O–H groups in total. The highest BCUT2D eigenvalue weighted by Gasteiger charge is 2.16. The molecule has 0 aliphatic heterocycles. The van der Waals surface area contributed by atoms with Crippen LogP contribution in [0, 0.1) is 0 Å². The molecule has 0 aliphatic carbocycles. The third-order valence-electron chi connectivity index (χ3n) is 1.11. The minimum Gasteiger partial charge on any atom is -0.481 e. The van der Waals surface area contributed by atoms with Crippen molar-refractivity contribution in [2.45, 2.75) is 46.3 Å². The molecule has 0 saturated heterocycles. The minimum atomic E-state index is -0.984. The first-order chi connectivity index (χ1) is 7.41. The monoisotopic (exact) mass is 286 g/mol. The van der Waals surface area contributed by atoms with Gasteiger partial charge in [-0.05, 0) is 38.1 Å². The van der Waals surface area contributed by atoms with Gasteiger partial charge in [0.1, 0.15) is 0 Å². The van der Waals surface area contributed by atoms with Crippen LogP contribution >= 0.6 is 28.8 Å². The molecule has 96 valence electrons. The predicted octanol–water partition coefficient (Wildman–Crippen LogP) is 3.92. The molecule has 0 aliphatic rings. The van der Waals surface area contributed by atoms with Gasteiger partial charge in [0, 0.05) is 5.75 Å². The second-order valence-electron chi connectivity index (χ2n) is 3.57. The minimum absolute atomic E-state index is 0.123. The van der Waals surface area contributed by atoms with Crippen molar-refractivity contribution in [3.8, 4) is 0 Å². The molecule has 16 heavy (non-hydrogen) atoms. The summed E-state index contributed by atoms with van der Waals surface area (Å²) in [6.45, 7) is 7.84. The van der Waals surface area contributed by atoms with Crippen LogP contribution in [-0.4, -0.2) is 29.0 Å². The zero-order valence-corrected chi connectivity index (χ0v) is 12.5. The van der Waals surface area contributed by atoms with Gasteiger partial charge < -0.3 is 14.2 Å². The summed E-state index contributed by atoms with van der Waals surface area (Å²) >= 11 is 0. The van der Waals surface area contributed by atoms with Crippen LogP contribution in [0.4, 0.5) is 0 Å². The maximum Gasteiger partial charge on any atom is 0.304 e. The molecule has 0 aromatic carbocycles. The van der Waals surface area contributed by atoms with E-state index in [-0.39, 0.29) is 18.6 Å². The molecule has 0 saturated carbocycles. The van der Waals surface area contributed by atoms with E-state index in [0.29, 0.717) is 5.75 Å². The fraction of sp³-hybridized carbons (Fsp3) is 0.889. The molecule has 0 fully saturated rings. The number of hydrogen-bond acceptors (Lipinski definition) is 5. The highest BCUT2D eigenvalue weighted by Crippen LogP contribution is 2.59. The van der Waals surface area contributed by atoms with Gasteiger partial charge in [-0.1, -0.05) is 10.8 Å². The molecule has 0 bridgehead atoms. The van der Waals surface area contributed by atoms with Gasteiger partial charge in [0.15, 0.2) is 0 Å². The average Bonchev–Trinajstić information content (AvgIpc) is 2.09. The summed E-state index contributed by atoms with van der Waals surface area (Å²) in [6, 6.07) is 0. The highest BCUT2D eigenvalue weighted by atomic mass is 33.3. The Labute approximate surface area is 106 Å². The lowest BCUT2D eigenvalue weighted by Crippen LogP contribution is -2.02. The van der Waals surface area contributed by atoms with Gasteiger partial charge in [-0.3, -0.25) is 4.79 Å². The van der Waals surface area contributed by atoms with E-state index in [2.05, 4.69) is 0 Å². The summed E-state index contributed by atoms with van der Waals surface area (Å²) in [4.78, 5) is 10.3. The molecule has 0 radical (unpaired) electrons. The van der Waals surface area contributed by atoms with Crippen molar-refractivity contribution in [3.63, 3.8) is 0 Å². The smallest absolute Gasteiger partial charge is 0.304 e. The Hall–Kier alpha value is 0.520. The van der Waals surface area contributed by atoms with Crippen LogP contribution in [0.1, 0.15) is 34.1 Å². The van der Waals surface area contributed by atoms with E-state index in [0.717, 1.165) is 0 Å². The quantitative estimate of drug-likeness (QED) is 0.394. The lowest BCUT2D eigenvalue weighted by Gasteiger charge is -2.19. The van der Waals surface area contributed by atoms with Gasteiger partial charge in [0.05, 0.1) is 18.6 Å². The van der Waals surface area contributed by atoms with Crippen LogP contribution < -0.4 is 0 Å². The van der Waals surface area contributed by atoms with Gasteiger partial charge in [-0.2, -0.15) is 0 Å². The summed E-state index contributed by atoms with van der Waals surface area (Å²) in [6.07, 6.45) is 0.416. The van der Waals surface area contributed by atoms with Crippen molar-refractivity contribution in [2.24, 2.45) is 0 Å². The largest absolute Gasteiger partial charge is 0.481 e. The lowest BCUT2D eigenvalue weighted by molar-refractivity contribution is -0.136. The zero-order chi connectivity index (χ0) is 12.6. The molecule has 0 heterocycles. The molecule has 0 atom stereocenters. The van der Waals surface area contributed by atoms with Crippen molar-refractivity contribution < 1.29 is 18.9 Å². The molecule has 0 rings (SSSR count). The van der Waals surface area contributed by atoms with Gasteiger partial charge >= 0.3 is 5.97 Å². The van der Waals surface area contributed by atoms with E-state index in [1.807, 2.05) is 27.7 Å². The number of carbonyl (C=O) groups is 1. The maximum atomic E-state index is 10.3. The SMILES string of the molecule is CC(C)OP(OC(C)C)SSCCC(=O)O. The molecule has 0 spiro atoms. The number of carboxylic acids is 1. The Morgan fingerprint density at radius 1 is 1.25 bits per heavy atom. The Morgan fingerprint density at radius 3 is 2.12 bits per heavy atom. The zero-order valence-electron chi connectivity index (χ0n) is 10.0. The van der Waals surface area contributed by atoms with E-state index < -0.39 is 13.5 Å². The molecular weight excluding hydrogens is 267 g/mol. The maximum absolute atomic E-state index is 10.3.